The molecule has 3 aliphatic rings. The summed E-state index contributed by atoms with van der Waals surface area (Å²) >= 11 is 1.54. The second kappa shape index (κ2) is 18.6. The summed E-state index contributed by atoms with van der Waals surface area (Å²) in [4.78, 5) is 30.8. The van der Waals surface area contributed by atoms with Gasteiger partial charge in [-0.1, -0.05) is 96.7 Å². The fourth-order valence-electron chi connectivity index (χ4n) is 9.80. The number of nitrogens with zero attached hydrogens (tertiary/aromatic N) is 2. The first-order valence-electron chi connectivity index (χ1n) is 22.4. The number of benzene rings is 7. The quantitative estimate of drug-likeness (QED) is 0.0505. The number of carbonyl (C=O) groups is 1. The van der Waals surface area contributed by atoms with Crippen LogP contribution >= 0.6 is 19.0 Å². The van der Waals surface area contributed by atoms with Crippen LogP contribution in [0.2, 0.25) is 0 Å². The minimum Gasteiger partial charge on any atom is -0.508 e. The predicted molar refractivity (Wildman–Crippen MR) is 275 cm³/mol. The largest absolute Gasteiger partial charge is 0.508 e. The molecule has 0 bridgehead atoms. The molecule has 0 aromatic heterocycles. The predicted octanol–water partition coefficient (Wildman–Crippen LogP) is 11.5. The molecule has 11 heteroatoms. The van der Waals surface area contributed by atoms with Gasteiger partial charge in [-0.3, -0.25) is 9.79 Å². The first kappa shape index (κ1) is 45.6. The number of hydroxylamine groups is 2. The zero-order chi connectivity index (χ0) is 46.9. The SMILES string of the molecule is CC1(C)CC(N=C(Nc2ccc(-c3c4ccc(=O)cc-4oc4cc(O)ccc34)c(C(=O)O)c2)SCc2ccc(C[P+](c3ccccc3)(c3ccccc3)c3ccccc3)cc2)CC(C)(C)N1[O]. The summed E-state index contributed by atoms with van der Waals surface area (Å²) in [5.41, 5.74) is 3.20. The number of amidine groups is 1. The Morgan fingerprint density at radius 1 is 0.731 bits per heavy atom. The van der Waals surface area contributed by atoms with E-state index in [2.05, 4.69) is 121 Å². The van der Waals surface area contributed by atoms with Gasteiger partial charge >= 0.3 is 5.97 Å². The van der Waals surface area contributed by atoms with Crippen molar-refractivity contribution < 1.29 is 24.6 Å². The molecule has 9 rings (SSSR count). The van der Waals surface area contributed by atoms with Crippen LogP contribution in [0, 0.1) is 0 Å². The number of hydrogen-bond donors (Lipinski definition) is 3. The van der Waals surface area contributed by atoms with Crippen molar-refractivity contribution in [2.24, 2.45) is 4.99 Å². The highest BCUT2D eigenvalue weighted by Crippen LogP contribution is 2.58. The van der Waals surface area contributed by atoms with E-state index >= 15 is 0 Å². The monoisotopic (exact) mass is 925 g/mol. The van der Waals surface area contributed by atoms with E-state index in [4.69, 9.17) is 9.41 Å². The Kier molecular flexibility index (Phi) is 12.7. The molecule has 6 aromatic rings. The number of nitrogens with one attached hydrogen (secondary N) is 1. The van der Waals surface area contributed by atoms with Gasteiger partial charge in [0.15, 0.2) is 10.6 Å². The average Bonchev–Trinajstić information content (AvgIpc) is 3.32. The molecule has 1 saturated heterocycles. The lowest BCUT2D eigenvalue weighted by Gasteiger charge is -2.49. The number of thioether (sulfide) groups is 1. The number of fused-ring (bicyclic) bond motifs is 2. The zero-order valence-corrected chi connectivity index (χ0v) is 39.6. The van der Waals surface area contributed by atoms with Gasteiger partial charge in [-0.15, -0.1) is 10.3 Å². The maximum absolute atomic E-state index is 13.4. The van der Waals surface area contributed by atoms with Crippen LogP contribution in [0.4, 0.5) is 5.69 Å². The van der Waals surface area contributed by atoms with Crippen molar-refractivity contribution in [2.45, 2.75) is 69.6 Å². The number of phenols is 1. The third kappa shape index (κ3) is 9.40. The van der Waals surface area contributed by atoms with Gasteiger partial charge in [0.2, 0.25) is 0 Å². The molecule has 0 spiro atoms. The summed E-state index contributed by atoms with van der Waals surface area (Å²) in [7, 11) is -2.10. The van der Waals surface area contributed by atoms with Crippen molar-refractivity contribution in [2.75, 3.05) is 5.32 Å². The van der Waals surface area contributed by atoms with E-state index in [1.165, 1.54) is 62.6 Å². The summed E-state index contributed by atoms with van der Waals surface area (Å²) in [6.45, 7) is 7.82. The van der Waals surface area contributed by atoms with Gasteiger partial charge in [0.05, 0.1) is 17.8 Å². The van der Waals surface area contributed by atoms with E-state index in [0.29, 0.717) is 57.1 Å². The molecule has 2 heterocycles. The van der Waals surface area contributed by atoms with E-state index < -0.39 is 24.3 Å². The normalized spacial score (nSPS) is 15.4. The number of piperidine rings is 1. The van der Waals surface area contributed by atoms with Gasteiger partial charge in [-0.2, -0.15) is 0 Å². The van der Waals surface area contributed by atoms with E-state index in [0.717, 1.165) is 11.7 Å². The highest BCUT2D eigenvalue weighted by atomic mass is 32.2. The average molecular weight is 926 g/mol. The van der Waals surface area contributed by atoms with Gasteiger partial charge in [-0.25, -0.2) is 4.79 Å². The molecule has 337 valence electrons. The summed E-state index contributed by atoms with van der Waals surface area (Å²) in [6.07, 6.45) is 1.95. The number of aromatic hydroxyl groups is 1. The summed E-state index contributed by atoms with van der Waals surface area (Å²) in [6, 6.07) is 55.5. The van der Waals surface area contributed by atoms with E-state index in [-0.39, 0.29) is 28.5 Å². The zero-order valence-electron chi connectivity index (χ0n) is 37.8. The molecule has 6 aromatic carbocycles. The minimum absolute atomic E-state index is 0.0247. The molecule has 1 fully saturated rings. The van der Waals surface area contributed by atoms with Gasteiger partial charge < -0.3 is 19.9 Å². The second-order valence-corrected chi connectivity index (χ2v) is 23.0. The molecule has 0 atom stereocenters. The summed E-state index contributed by atoms with van der Waals surface area (Å²) in [5.74, 6) is -0.309. The van der Waals surface area contributed by atoms with Crippen LogP contribution in [0.3, 0.4) is 0 Å². The van der Waals surface area contributed by atoms with Crippen molar-refractivity contribution in [3.8, 4) is 28.2 Å². The van der Waals surface area contributed by atoms with Crippen LogP contribution in [0.1, 0.15) is 62.0 Å². The number of carboxylic acid groups (broad SMARTS) is 1. The van der Waals surface area contributed by atoms with Gasteiger partial charge in [-0.05, 0) is 130 Å². The van der Waals surface area contributed by atoms with Crippen molar-refractivity contribution in [3.63, 3.8) is 0 Å². The fraction of sp³-hybridized carbons (Fsp3) is 0.196. The second-order valence-electron chi connectivity index (χ2n) is 18.5. The lowest BCUT2D eigenvalue weighted by Crippen LogP contribution is -2.59. The molecule has 0 unspecified atom stereocenters. The van der Waals surface area contributed by atoms with E-state index in [1.807, 2.05) is 33.8 Å². The Bertz CT molecular complexity index is 3010. The van der Waals surface area contributed by atoms with Crippen molar-refractivity contribution in [3.05, 3.63) is 197 Å². The Balaban J connectivity index is 1.05. The van der Waals surface area contributed by atoms with E-state index in [9.17, 15) is 25.0 Å². The third-order valence-electron chi connectivity index (χ3n) is 12.7. The topological polar surface area (TPSA) is 135 Å². The molecule has 3 N–H and O–H groups in total. The first-order valence-corrected chi connectivity index (χ1v) is 25.3. The number of hydrogen-bond acceptors (Lipinski definition) is 7. The van der Waals surface area contributed by atoms with Crippen LogP contribution in [0.15, 0.2) is 184 Å². The lowest BCUT2D eigenvalue weighted by molar-refractivity contribution is -0.288. The van der Waals surface area contributed by atoms with Gasteiger partial charge in [0.25, 0.3) is 0 Å². The highest BCUT2D eigenvalue weighted by molar-refractivity contribution is 8.13. The molecule has 9 nitrogen and oxygen atoms in total. The number of aliphatic imine (C=N–C) groups is 1. The minimum atomic E-state index is -2.10. The maximum Gasteiger partial charge on any atom is 0.336 e. The molecule has 1 radical (unpaired) electrons. The smallest absolute Gasteiger partial charge is 0.336 e. The van der Waals surface area contributed by atoms with Crippen molar-refractivity contribution in [1.29, 1.82) is 0 Å². The molecule has 0 saturated carbocycles. The van der Waals surface area contributed by atoms with E-state index in [1.54, 1.807) is 24.3 Å². The van der Waals surface area contributed by atoms with Crippen LogP contribution in [-0.4, -0.2) is 43.5 Å². The lowest BCUT2D eigenvalue weighted by atomic mass is 9.79. The first-order chi connectivity index (χ1) is 32.2. The molecule has 2 aliphatic heterocycles. The number of phenolic OH excluding ortho intramolecular Hbond substituents is 1. The Labute approximate surface area is 395 Å². The molecule has 1 aliphatic carbocycles. The van der Waals surface area contributed by atoms with Gasteiger partial charge in [0.1, 0.15) is 40.3 Å². The standard InChI is InChI=1S/C56H51N3O6PS/c1-55(2)33-40(34-56(3,4)59(55)64)58-54(57-39-24-27-46(49(30-39)53(62)63)52-47-28-25-41(60)31-50(47)65-51-32-42(61)26-29-48(51)52)67-36-38-22-20-37(21-23-38)35-66(43-14-8-5-9-15-43,44-16-10-6-11-17-44)45-18-12-7-13-19-45/h5-32,40H,33-36H2,1-4H3,(H2-,57,58,60,61,62,63)/p+1. The molecule has 67 heavy (non-hydrogen) atoms. The van der Waals surface area contributed by atoms with Crippen LogP contribution in [0.5, 0.6) is 5.75 Å². The van der Waals surface area contributed by atoms with Crippen molar-refractivity contribution in [1.82, 2.24) is 5.06 Å². The Morgan fingerprint density at radius 2 is 1.30 bits per heavy atom. The highest BCUT2D eigenvalue weighted by Gasteiger charge is 2.47. The Hall–Kier alpha value is -6.55. The maximum atomic E-state index is 13.4. The summed E-state index contributed by atoms with van der Waals surface area (Å²) < 4.78 is 6.04. The number of aromatic carboxylic acids is 1. The van der Waals surface area contributed by atoms with Crippen molar-refractivity contribution >= 4 is 62.7 Å². The number of rotatable bonds is 11. The van der Waals surface area contributed by atoms with Crippen LogP contribution in [-0.2, 0) is 17.1 Å². The number of carboxylic acids is 1. The third-order valence-corrected chi connectivity index (χ3v) is 18.1. The summed E-state index contributed by atoms with van der Waals surface area (Å²) in [5, 5.41) is 44.3. The number of anilines is 1. The van der Waals surface area contributed by atoms with Gasteiger partial charge in [0, 0.05) is 51.2 Å². The van der Waals surface area contributed by atoms with Crippen LogP contribution < -0.4 is 26.7 Å². The van der Waals surface area contributed by atoms with Crippen LogP contribution in [0.25, 0.3) is 33.4 Å². The molecular formula is C56H52N3O6PS+. The molecular weight excluding hydrogens is 874 g/mol. The molecule has 0 amide bonds. The fourth-order valence-corrected chi connectivity index (χ4v) is 15.0. The Morgan fingerprint density at radius 3 is 1.88 bits per heavy atom.